The second kappa shape index (κ2) is 11.2. The van der Waals surface area contributed by atoms with E-state index in [0.717, 1.165) is 0 Å². The topological polar surface area (TPSA) is 78.9 Å². The lowest BCUT2D eigenvalue weighted by molar-refractivity contribution is -0.117. The lowest BCUT2D eigenvalue weighted by Gasteiger charge is -2.15. The van der Waals surface area contributed by atoms with Crippen molar-refractivity contribution in [2.45, 2.75) is 38.4 Å². The van der Waals surface area contributed by atoms with Gasteiger partial charge in [-0.15, -0.1) is 0 Å². The zero-order valence-corrected chi connectivity index (χ0v) is 18.0. The van der Waals surface area contributed by atoms with Crippen LogP contribution in [-0.2, 0) is 9.53 Å². The summed E-state index contributed by atoms with van der Waals surface area (Å²) in [5.74, 6) is -0.454. The predicted octanol–water partition coefficient (Wildman–Crippen LogP) is 4.17. The Morgan fingerprint density at radius 1 is 1.28 bits per heavy atom. The van der Waals surface area contributed by atoms with Crippen molar-refractivity contribution in [2.24, 2.45) is 0 Å². The Morgan fingerprint density at radius 2 is 2.03 bits per heavy atom. The second-order valence-corrected chi connectivity index (χ2v) is 7.91. The van der Waals surface area contributed by atoms with Crippen molar-refractivity contribution in [2.75, 3.05) is 31.2 Å². The molecular weight excluding hydrogens is 418 g/mol. The summed E-state index contributed by atoms with van der Waals surface area (Å²) >= 11 is 0. The minimum absolute atomic E-state index is 0.0292. The van der Waals surface area contributed by atoms with Crippen LogP contribution in [0.1, 0.15) is 37.9 Å². The maximum atomic E-state index is 14.9. The molecule has 0 aromatic heterocycles. The van der Waals surface area contributed by atoms with E-state index in [2.05, 4.69) is 5.32 Å². The predicted molar refractivity (Wildman–Crippen MR) is 118 cm³/mol. The van der Waals surface area contributed by atoms with E-state index in [0.29, 0.717) is 54.7 Å². The van der Waals surface area contributed by atoms with Gasteiger partial charge in [0.1, 0.15) is 17.7 Å². The number of aliphatic hydroxyl groups is 1. The van der Waals surface area contributed by atoms with E-state index in [-0.39, 0.29) is 18.4 Å². The minimum atomic E-state index is -0.743. The van der Waals surface area contributed by atoms with Gasteiger partial charge in [0.05, 0.1) is 25.0 Å². The zero-order valence-electron chi connectivity index (χ0n) is 18.0. The number of benzene rings is 2. The quantitative estimate of drug-likeness (QED) is 0.507. The highest BCUT2D eigenvalue weighted by Crippen LogP contribution is 2.30. The monoisotopic (exact) mass is 446 g/mol. The molecule has 0 saturated carbocycles. The molecule has 1 aliphatic rings. The molecule has 2 aromatic rings. The second-order valence-electron chi connectivity index (χ2n) is 7.91. The van der Waals surface area contributed by atoms with Crippen molar-refractivity contribution in [1.82, 2.24) is 5.32 Å². The van der Waals surface area contributed by atoms with E-state index in [1.54, 1.807) is 36.4 Å². The number of rotatable bonds is 11. The summed E-state index contributed by atoms with van der Waals surface area (Å²) in [7, 11) is 0. The number of carbonyl (C=O) groups is 2. The maximum absolute atomic E-state index is 14.9. The average molecular weight is 446 g/mol. The number of ketones is 1. The highest BCUT2D eigenvalue weighted by atomic mass is 19.1. The first-order chi connectivity index (χ1) is 15.4. The largest absolute Gasteiger partial charge is 0.444 e. The van der Waals surface area contributed by atoms with Crippen molar-refractivity contribution in [3.63, 3.8) is 0 Å². The molecule has 3 rings (SSSR count). The number of halogens is 2. The Balaban J connectivity index is 1.65. The van der Waals surface area contributed by atoms with Crippen molar-refractivity contribution >= 4 is 17.6 Å². The van der Waals surface area contributed by atoms with Crippen LogP contribution in [-0.4, -0.2) is 49.4 Å². The summed E-state index contributed by atoms with van der Waals surface area (Å²) in [5, 5.41) is 13.2. The third-order valence-corrected chi connectivity index (χ3v) is 5.39. The number of amides is 1. The molecule has 2 N–H and O–H groups in total. The zero-order chi connectivity index (χ0) is 23.1. The van der Waals surface area contributed by atoms with Crippen LogP contribution in [0.3, 0.4) is 0 Å². The fourth-order valence-corrected chi connectivity index (χ4v) is 3.59. The van der Waals surface area contributed by atoms with Crippen LogP contribution >= 0.6 is 0 Å². The third kappa shape index (κ3) is 6.11. The van der Waals surface area contributed by atoms with Gasteiger partial charge in [-0.3, -0.25) is 9.29 Å². The van der Waals surface area contributed by atoms with E-state index in [4.69, 9.17) is 4.74 Å². The summed E-state index contributed by atoms with van der Waals surface area (Å²) in [6.45, 7) is 2.16. The Labute approximate surface area is 186 Å². The first-order valence-corrected chi connectivity index (χ1v) is 10.7. The number of alkyl halides is 1. The van der Waals surface area contributed by atoms with Gasteiger partial charge < -0.3 is 20.0 Å². The first-order valence-electron chi connectivity index (χ1n) is 10.7. The standard InChI is InChI=1S/C24H28F2N2O4/c1-16(29)3-9-20-15-28(24(31)32-20)19-8-10-21(22(26)13-19)17-4-6-18(7-5-17)23(30)14-27-12-2-11-25/h4-8,10,13,20,23,27,30H,2-3,9,11-12,14-15H2,1H3/t20-,23+/m0/s1. The number of Topliss-reactive ketones (excluding diaryl/α,β-unsaturated/α-hetero) is 1. The van der Waals surface area contributed by atoms with E-state index in [1.807, 2.05) is 0 Å². The lowest BCUT2D eigenvalue weighted by atomic mass is 10.0. The van der Waals surface area contributed by atoms with Gasteiger partial charge in [0.2, 0.25) is 0 Å². The van der Waals surface area contributed by atoms with Crippen LogP contribution in [0.25, 0.3) is 11.1 Å². The van der Waals surface area contributed by atoms with Gasteiger partial charge in [0.25, 0.3) is 0 Å². The summed E-state index contributed by atoms with van der Waals surface area (Å²) < 4.78 is 32.2. The van der Waals surface area contributed by atoms with Gasteiger partial charge in [-0.2, -0.15) is 0 Å². The molecule has 1 heterocycles. The molecule has 32 heavy (non-hydrogen) atoms. The highest BCUT2D eigenvalue weighted by Gasteiger charge is 2.32. The number of anilines is 1. The van der Waals surface area contributed by atoms with E-state index in [9.17, 15) is 23.5 Å². The normalized spacial score (nSPS) is 16.8. The summed E-state index contributed by atoms with van der Waals surface area (Å²) in [5.41, 5.74) is 2.08. The van der Waals surface area contributed by atoms with Crippen molar-refractivity contribution < 1.29 is 28.2 Å². The highest BCUT2D eigenvalue weighted by molar-refractivity contribution is 5.90. The molecule has 0 spiro atoms. The number of hydrogen-bond acceptors (Lipinski definition) is 5. The first kappa shape index (κ1) is 23.8. The molecule has 1 aliphatic heterocycles. The molecule has 0 bridgehead atoms. The van der Waals surface area contributed by atoms with Gasteiger partial charge in [-0.25, -0.2) is 9.18 Å². The van der Waals surface area contributed by atoms with Gasteiger partial charge >= 0.3 is 6.09 Å². The van der Waals surface area contributed by atoms with Gasteiger partial charge in [-0.05, 0) is 55.6 Å². The Hall–Kier alpha value is -2.84. The van der Waals surface area contributed by atoms with Crippen LogP contribution in [0.2, 0.25) is 0 Å². The number of aliphatic hydroxyl groups excluding tert-OH is 1. The molecule has 6 nitrogen and oxygen atoms in total. The smallest absolute Gasteiger partial charge is 0.414 e. The van der Waals surface area contributed by atoms with Crippen molar-refractivity contribution in [3.05, 3.63) is 53.8 Å². The molecule has 1 amide bonds. The van der Waals surface area contributed by atoms with Gasteiger partial charge in [-0.1, -0.05) is 24.3 Å². The summed E-state index contributed by atoms with van der Waals surface area (Å²) in [4.78, 5) is 24.7. The van der Waals surface area contributed by atoms with E-state index < -0.39 is 24.7 Å². The molecular formula is C24H28F2N2O4. The van der Waals surface area contributed by atoms with Crippen LogP contribution < -0.4 is 10.2 Å². The molecule has 1 fully saturated rings. The van der Waals surface area contributed by atoms with E-state index in [1.165, 1.54) is 17.9 Å². The van der Waals surface area contributed by atoms with Crippen molar-refractivity contribution in [3.8, 4) is 11.1 Å². The van der Waals surface area contributed by atoms with Gasteiger partial charge in [0, 0.05) is 18.5 Å². The SMILES string of the molecule is CC(=O)CC[C@H]1CN(c2ccc(-c3ccc([C@H](O)CNCCCF)cc3)c(F)c2)C(=O)O1. The molecule has 8 heteroatoms. The van der Waals surface area contributed by atoms with Crippen LogP contribution in [0, 0.1) is 5.82 Å². The Kier molecular flexibility index (Phi) is 8.30. The summed E-state index contributed by atoms with van der Waals surface area (Å²) in [6.07, 6.45) is -0.509. The number of ether oxygens (including phenoxy) is 1. The fraction of sp³-hybridized carbons (Fsp3) is 0.417. The molecule has 0 aliphatic carbocycles. The van der Waals surface area contributed by atoms with Crippen molar-refractivity contribution in [1.29, 1.82) is 0 Å². The molecule has 1 saturated heterocycles. The van der Waals surface area contributed by atoms with Gasteiger partial charge in [0.15, 0.2) is 0 Å². The molecule has 2 atom stereocenters. The Bertz CT molecular complexity index is 936. The van der Waals surface area contributed by atoms with Crippen LogP contribution in [0.15, 0.2) is 42.5 Å². The van der Waals surface area contributed by atoms with Crippen LogP contribution in [0.5, 0.6) is 0 Å². The molecule has 0 unspecified atom stereocenters. The minimum Gasteiger partial charge on any atom is -0.444 e. The maximum Gasteiger partial charge on any atom is 0.414 e. The molecule has 0 radical (unpaired) electrons. The third-order valence-electron chi connectivity index (χ3n) is 5.39. The number of nitrogens with zero attached hydrogens (tertiary/aromatic N) is 1. The number of hydrogen-bond donors (Lipinski definition) is 2. The lowest BCUT2D eigenvalue weighted by Crippen LogP contribution is -2.24. The number of cyclic esters (lactones) is 1. The molecule has 2 aromatic carbocycles. The average Bonchev–Trinajstić information content (AvgIpc) is 3.16. The van der Waals surface area contributed by atoms with E-state index >= 15 is 0 Å². The fourth-order valence-electron chi connectivity index (χ4n) is 3.59. The molecule has 172 valence electrons. The summed E-state index contributed by atoms with van der Waals surface area (Å²) in [6, 6.07) is 11.4. The number of nitrogens with one attached hydrogen (secondary N) is 1. The Morgan fingerprint density at radius 3 is 2.69 bits per heavy atom. The number of carbonyl (C=O) groups excluding carboxylic acids is 2. The van der Waals surface area contributed by atoms with Crippen LogP contribution in [0.4, 0.5) is 19.3 Å².